The number of benzene rings is 1. The molecule has 3 rings (SSSR count). The zero-order chi connectivity index (χ0) is 25.0. The van der Waals surface area contributed by atoms with Crippen molar-refractivity contribution in [2.45, 2.75) is 84.1 Å². The zero-order valence-electron chi connectivity index (χ0n) is 20.5. The summed E-state index contributed by atoms with van der Waals surface area (Å²) in [4.78, 5) is 23.7. The molecule has 0 aliphatic carbocycles. The molecule has 2 aliphatic heterocycles. The molecule has 1 aromatic rings. The standard InChI is InChI=1S/C26H33ClN4O3/c1-7-29-24(16(2)17(3)30-23-11-8-18(15-28)12-22(23)27)33-21-13-19-9-10-20(14-21)31(19)25(32)34-26(4,5)6/h7-8,11-12,16,19-21H,1,9-10,13-14H2,2-6H3. The highest BCUT2D eigenvalue weighted by atomic mass is 35.5. The van der Waals surface area contributed by atoms with Crippen LogP contribution in [0.4, 0.5) is 10.5 Å². The summed E-state index contributed by atoms with van der Waals surface area (Å²) in [6, 6.07) is 7.29. The molecule has 8 heteroatoms. The number of ether oxygens (including phenoxy) is 2. The van der Waals surface area contributed by atoms with E-state index in [0.717, 1.165) is 31.4 Å². The number of aliphatic imine (C=N–C) groups is 2. The maximum Gasteiger partial charge on any atom is 0.410 e. The summed E-state index contributed by atoms with van der Waals surface area (Å²) >= 11 is 6.29. The smallest absolute Gasteiger partial charge is 0.410 e. The lowest BCUT2D eigenvalue weighted by Crippen LogP contribution is -2.50. The molecular weight excluding hydrogens is 452 g/mol. The minimum absolute atomic E-state index is 0.0522. The highest BCUT2D eigenvalue weighted by Gasteiger charge is 2.46. The van der Waals surface area contributed by atoms with Crippen LogP contribution in [-0.2, 0) is 9.47 Å². The Morgan fingerprint density at radius 3 is 2.50 bits per heavy atom. The van der Waals surface area contributed by atoms with Crippen molar-refractivity contribution in [1.29, 1.82) is 5.26 Å². The average molecular weight is 485 g/mol. The van der Waals surface area contributed by atoms with E-state index in [4.69, 9.17) is 26.3 Å². The van der Waals surface area contributed by atoms with Crippen LogP contribution in [0.2, 0.25) is 5.02 Å². The van der Waals surface area contributed by atoms with Gasteiger partial charge in [-0.05, 0) is 65.7 Å². The minimum atomic E-state index is -0.516. The second-order valence-corrected chi connectivity index (χ2v) is 10.3. The molecule has 2 aliphatic rings. The lowest BCUT2D eigenvalue weighted by atomic mass is 9.99. The highest BCUT2D eigenvalue weighted by Crippen LogP contribution is 2.38. The molecule has 2 fully saturated rings. The van der Waals surface area contributed by atoms with Gasteiger partial charge in [-0.25, -0.2) is 9.79 Å². The minimum Gasteiger partial charge on any atom is -0.477 e. The van der Waals surface area contributed by atoms with Gasteiger partial charge in [0.25, 0.3) is 0 Å². The summed E-state index contributed by atoms with van der Waals surface area (Å²) in [7, 11) is 0. The molecule has 0 saturated carbocycles. The lowest BCUT2D eigenvalue weighted by Gasteiger charge is -2.39. The van der Waals surface area contributed by atoms with Gasteiger partial charge in [0, 0.05) is 36.8 Å². The fourth-order valence-electron chi connectivity index (χ4n) is 4.47. The second-order valence-electron chi connectivity index (χ2n) is 9.89. The number of fused-ring (bicyclic) bond motifs is 2. The fraction of sp³-hybridized carbons (Fsp3) is 0.538. The number of nitriles is 1. The number of carbonyl (C=O) groups excluding carboxylic acids is 1. The largest absolute Gasteiger partial charge is 0.477 e. The van der Waals surface area contributed by atoms with E-state index in [2.05, 4.69) is 22.6 Å². The number of nitrogens with zero attached hydrogens (tertiary/aromatic N) is 4. The first-order valence-electron chi connectivity index (χ1n) is 11.6. The van der Waals surface area contributed by atoms with Crippen LogP contribution in [0.15, 0.2) is 41.0 Å². The topological polar surface area (TPSA) is 87.3 Å². The molecule has 1 amide bonds. The maximum absolute atomic E-state index is 12.7. The van der Waals surface area contributed by atoms with E-state index in [-0.39, 0.29) is 30.2 Å². The number of carbonyl (C=O) groups is 1. The van der Waals surface area contributed by atoms with Crippen molar-refractivity contribution in [3.05, 3.63) is 41.6 Å². The van der Waals surface area contributed by atoms with Gasteiger partial charge in [-0.2, -0.15) is 5.26 Å². The summed E-state index contributed by atoms with van der Waals surface area (Å²) in [5, 5.41) is 9.45. The van der Waals surface area contributed by atoms with Crippen molar-refractivity contribution in [2.75, 3.05) is 0 Å². The number of hydrogen-bond donors (Lipinski definition) is 0. The van der Waals surface area contributed by atoms with Crippen LogP contribution in [0.5, 0.6) is 0 Å². The quantitative estimate of drug-likeness (QED) is 0.356. The van der Waals surface area contributed by atoms with Crippen molar-refractivity contribution in [1.82, 2.24) is 4.90 Å². The van der Waals surface area contributed by atoms with Gasteiger partial charge in [0.05, 0.1) is 28.3 Å². The van der Waals surface area contributed by atoms with E-state index in [1.165, 1.54) is 6.20 Å². The zero-order valence-corrected chi connectivity index (χ0v) is 21.3. The third-order valence-corrected chi connectivity index (χ3v) is 6.47. The molecule has 2 heterocycles. The Morgan fingerprint density at radius 1 is 1.32 bits per heavy atom. The molecular formula is C26H33ClN4O3. The van der Waals surface area contributed by atoms with Crippen molar-refractivity contribution in [3.63, 3.8) is 0 Å². The number of hydrogen-bond acceptors (Lipinski definition) is 6. The SMILES string of the molecule is C=CN=C(OC1CC2CCC(C1)N2C(=O)OC(C)(C)C)C(C)C(C)=Nc1ccc(C#N)cc1Cl. The number of piperidine rings is 1. The number of amides is 1. The van der Waals surface area contributed by atoms with E-state index >= 15 is 0 Å². The molecule has 0 spiro atoms. The van der Waals surface area contributed by atoms with Crippen molar-refractivity contribution in [3.8, 4) is 6.07 Å². The second kappa shape index (κ2) is 10.6. The van der Waals surface area contributed by atoms with Gasteiger partial charge in [-0.15, -0.1) is 0 Å². The van der Waals surface area contributed by atoms with Crippen LogP contribution in [0, 0.1) is 17.2 Å². The summed E-state index contributed by atoms with van der Waals surface area (Å²) < 4.78 is 12.0. The van der Waals surface area contributed by atoms with E-state index in [0.29, 0.717) is 22.2 Å². The summed E-state index contributed by atoms with van der Waals surface area (Å²) in [6.45, 7) is 13.3. The maximum atomic E-state index is 12.7. The van der Waals surface area contributed by atoms with E-state index in [1.807, 2.05) is 39.5 Å². The van der Waals surface area contributed by atoms with Crippen molar-refractivity contribution >= 4 is 35.0 Å². The monoisotopic (exact) mass is 484 g/mol. The number of rotatable bonds is 5. The first kappa shape index (κ1) is 25.8. The third-order valence-electron chi connectivity index (χ3n) is 6.17. The van der Waals surface area contributed by atoms with Crippen LogP contribution in [0.3, 0.4) is 0 Å². The molecule has 3 atom stereocenters. The molecule has 0 aromatic heterocycles. The normalized spacial score (nSPS) is 23.8. The van der Waals surface area contributed by atoms with Crippen LogP contribution in [-0.4, -0.2) is 46.4 Å². The Labute approximate surface area is 207 Å². The van der Waals surface area contributed by atoms with Gasteiger partial charge < -0.3 is 14.4 Å². The Hall–Kier alpha value is -2.85. The van der Waals surface area contributed by atoms with Gasteiger partial charge in [0.15, 0.2) is 5.90 Å². The Morgan fingerprint density at radius 2 is 1.97 bits per heavy atom. The van der Waals surface area contributed by atoms with Gasteiger partial charge in [-0.1, -0.05) is 18.2 Å². The Balaban J connectivity index is 1.70. The van der Waals surface area contributed by atoms with E-state index in [9.17, 15) is 4.79 Å². The molecule has 2 bridgehead atoms. The van der Waals surface area contributed by atoms with Crippen LogP contribution >= 0.6 is 11.6 Å². The average Bonchev–Trinajstić information content (AvgIpc) is 3.03. The first-order valence-corrected chi connectivity index (χ1v) is 12.0. The third kappa shape index (κ3) is 6.18. The Bertz CT molecular complexity index is 1020. The predicted octanol–water partition coefficient (Wildman–Crippen LogP) is 6.43. The summed E-state index contributed by atoms with van der Waals surface area (Å²) in [5.74, 6) is 0.336. The predicted molar refractivity (Wildman–Crippen MR) is 135 cm³/mol. The highest BCUT2D eigenvalue weighted by molar-refractivity contribution is 6.33. The summed E-state index contributed by atoms with van der Waals surface area (Å²) in [5.41, 5.74) is 1.34. The van der Waals surface area contributed by atoms with Crippen LogP contribution in [0.1, 0.15) is 65.9 Å². The molecule has 2 saturated heterocycles. The molecule has 1 aromatic carbocycles. The fourth-order valence-corrected chi connectivity index (χ4v) is 4.70. The molecule has 0 radical (unpaired) electrons. The van der Waals surface area contributed by atoms with Gasteiger partial charge in [0.2, 0.25) is 0 Å². The first-order chi connectivity index (χ1) is 16.0. The van der Waals surface area contributed by atoms with Gasteiger partial charge in [0.1, 0.15) is 11.7 Å². The van der Waals surface area contributed by atoms with Gasteiger partial charge >= 0.3 is 6.09 Å². The molecule has 182 valence electrons. The molecule has 0 N–H and O–H groups in total. The van der Waals surface area contributed by atoms with E-state index in [1.54, 1.807) is 18.2 Å². The van der Waals surface area contributed by atoms with Crippen LogP contribution < -0.4 is 0 Å². The molecule has 7 nitrogen and oxygen atoms in total. The van der Waals surface area contributed by atoms with Crippen molar-refractivity contribution < 1.29 is 14.3 Å². The lowest BCUT2D eigenvalue weighted by molar-refractivity contribution is -0.00935. The Kier molecular flexibility index (Phi) is 8.04. The summed E-state index contributed by atoms with van der Waals surface area (Å²) in [6.07, 6.45) is 4.54. The van der Waals surface area contributed by atoms with E-state index < -0.39 is 5.60 Å². The number of halogens is 1. The molecule has 34 heavy (non-hydrogen) atoms. The van der Waals surface area contributed by atoms with Crippen LogP contribution in [0.25, 0.3) is 0 Å². The van der Waals surface area contributed by atoms with Crippen molar-refractivity contribution in [2.24, 2.45) is 15.9 Å². The molecule has 3 unspecified atom stereocenters. The van der Waals surface area contributed by atoms with Gasteiger partial charge in [-0.3, -0.25) is 4.99 Å².